The number of carbonyl (C=O) groups is 1. The molecule has 4 rings (SSSR count). The van der Waals surface area contributed by atoms with Gasteiger partial charge in [0.2, 0.25) is 10.0 Å². The van der Waals surface area contributed by atoms with Crippen LogP contribution < -0.4 is 9.62 Å². The summed E-state index contributed by atoms with van der Waals surface area (Å²) in [5, 5.41) is 7.27. The standard InChI is InChI=1S/C18H17N3O3S3/c1-27(23,24)21-8-2-4-12-10-13(6-7-15(12)21)17(22)20-18-19-14(11-26-18)16-5-3-9-25-16/h3,5-7,9-11H,2,4,8H2,1H3,(H,19,20,22). The van der Waals surface area contributed by atoms with E-state index >= 15 is 0 Å². The van der Waals surface area contributed by atoms with Gasteiger partial charge in [0.25, 0.3) is 5.91 Å². The summed E-state index contributed by atoms with van der Waals surface area (Å²) < 4.78 is 25.3. The Kier molecular flexibility index (Phi) is 4.75. The molecule has 0 bridgehead atoms. The Hall–Kier alpha value is -2.23. The van der Waals surface area contributed by atoms with E-state index in [0.717, 1.165) is 29.0 Å². The van der Waals surface area contributed by atoms with Crippen molar-refractivity contribution in [2.45, 2.75) is 12.8 Å². The number of thiophene rings is 1. The largest absolute Gasteiger partial charge is 0.298 e. The maximum absolute atomic E-state index is 12.6. The summed E-state index contributed by atoms with van der Waals surface area (Å²) in [6.45, 7) is 0.474. The third-order valence-electron chi connectivity index (χ3n) is 4.32. The predicted molar refractivity (Wildman–Crippen MR) is 110 cm³/mol. The van der Waals surface area contributed by atoms with Gasteiger partial charge in [-0.05, 0) is 48.1 Å². The molecule has 0 fully saturated rings. The average molecular weight is 420 g/mol. The number of benzene rings is 1. The molecule has 0 atom stereocenters. The monoisotopic (exact) mass is 419 g/mol. The van der Waals surface area contributed by atoms with Crippen LogP contribution in [0.15, 0.2) is 41.1 Å². The van der Waals surface area contributed by atoms with Crippen LogP contribution in [0.1, 0.15) is 22.3 Å². The van der Waals surface area contributed by atoms with Gasteiger partial charge in [0.05, 0.1) is 22.5 Å². The molecule has 1 amide bonds. The number of thiazole rings is 1. The fourth-order valence-corrected chi connectivity index (χ4v) is 5.55. The predicted octanol–water partition coefficient (Wildman–Crippen LogP) is 3.84. The molecular weight excluding hydrogens is 402 g/mol. The van der Waals surface area contributed by atoms with Crippen LogP contribution in [0.2, 0.25) is 0 Å². The highest BCUT2D eigenvalue weighted by atomic mass is 32.2. The van der Waals surface area contributed by atoms with Gasteiger partial charge in [-0.2, -0.15) is 0 Å². The number of amides is 1. The molecule has 1 aliphatic rings. The Bertz CT molecular complexity index is 1090. The van der Waals surface area contributed by atoms with Crippen LogP contribution in [0.3, 0.4) is 0 Å². The summed E-state index contributed by atoms with van der Waals surface area (Å²) in [7, 11) is -3.31. The van der Waals surface area contributed by atoms with Gasteiger partial charge in [-0.15, -0.1) is 22.7 Å². The molecule has 0 radical (unpaired) electrons. The van der Waals surface area contributed by atoms with Gasteiger partial charge >= 0.3 is 0 Å². The van der Waals surface area contributed by atoms with Crippen LogP contribution in [0.4, 0.5) is 10.8 Å². The number of aryl methyl sites for hydroxylation is 1. The Morgan fingerprint density at radius 1 is 1.26 bits per heavy atom. The van der Waals surface area contributed by atoms with E-state index in [-0.39, 0.29) is 5.91 Å². The van der Waals surface area contributed by atoms with E-state index in [4.69, 9.17) is 0 Å². The first-order valence-corrected chi connectivity index (χ1v) is 11.9. The molecule has 0 unspecified atom stereocenters. The molecule has 9 heteroatoms. The van der Waals surface area contributed by atoms with E-state index in [2.05, 4.69) is 10.3 Å². The van der Waals surface area contributed by atoms with Crippen LogP contribution in [0, 0.1) is 0 Å². The lowest BCUT2D eigenvalue weighted by atomic mass is 10.0. The van der Waals surface area contributed by atoms with Gasteiger partial charge in [-0.1, -0.05) is 6.07 Å². The zero-order valence-corrected chi connectivity index (χ0v) is 17.0. The van der Waals surface area contributed by atoms with Gasteiger partial charge in [0.15, 0.2) is 5.13 Å². The highest BCUT2D eigenvalue weighted by Gasteiger charge is 2.24. The maximum Gasteiger partial charge on any atom is 0.257 e. The number of nitrogens with one attached hydrogen (secondary N) is 1. The van der Waals surface area contributed by atoms with E-state index in [1.807, 2.05) is 22.9 Å². The molecule has 1 N–H and O–H groups in total. The molecule has 1 aromatic carbocycles. The second-order valence-electron chi connectivity index (χ2n) is 6.25. The normalized spacial score (nSPS) is 14.0. The molecule has 0 spiro atoms. The lowest BCUT2D eigenvalue weighted by molar-refractivity contribution is 0.102. The molecule has 6 nitrogen and oxygen atoms in total. The van der Waals surface area contributed by atoms with Crippen molar-refractivity contribution in [2.75, 3.05) is 22.4 Å². The number of hydrogen-bond acceptors (Lipinski definition) is 6. The van der Waals surface area contributed by atoms with Crippen LogP contribution in [0.5, 0.6) is 0 Å². The van der Waals surface area contributed by atoms with E-state index < -0.39 is 10.0 Å². The molecule has 0 saturated heterocycles. The van der Waals surface area contributed by atoms with Gasteiger partial charge in [0.1, 0.15) is 0 Å². The summed E-state index contributed by atoms with van der Waals surface area (Å²) in [5.41, 5.74) is 2.88. The molecule has 27 heavy (non-hydrogen) atoms. The SMILES string of the molecule is CS(=O)(=O)N1CCCc2cc(C(=O)Nc3nc(-c4cccs4)cs3)ccc21. The molecule has 3 heterocycles. The summed E-state index contributed by atoms with van der Waals surface area (Å²) >= 11 is 2.98. The Morgan fingerprint density at radius 3 is 2.85 bits per heavy atom. The van der Waals surface area contributed by atoms with Crippen LogP contribution in [-0.2, 0) is 16.4 Å². The third-order valence-corrected chi connectivity index (χ3v) is 7.15. The number of hydrogen-bond donors (Lipinski definition) is 1. The number of fused-ring (bicyclic) bond motifs is 1. The van der Waals surface area contributed by atoms with E-state index in [1.54, 1.807) is 29.5 Å². The summed E-state index contributed by atoms with van der Waals surface area (Å²) in [6, 6.07) is 9.09. The molecule has 0 aliphatic carbocycles. The quantitative estimate of drug-likeness (QED) is 0.697. The minimum absolute atomic E-state index is 0.249. The molecule has 2 aromatic heterocycles. The summed E-state index contributed by atoms with van der Waals surface area (Å²) in [6.07, 6.45) is 2.69. The minimum Gasteiger partial charge on any atom is -0.298 e. The number of anilines is 2. The molecular formula is C18H17N3O3S3. The van der Waals surface area contributed by atoms with Crippen molar-refractivity contribution in [3.63, 3.8) is 0 Å². The summed E-state index contributed by atoms with van der Waals surface area (Å²) in [5.74, 6) is -0.249. The fourth-order valence-electron chi connectivity index (χ4n) is 3.09. The number of nitrogens with zero attached hydrogens (tertiary/aromatic N) is 2. The lowest BCUT2D eigenvalue weighted by Gasteiger charge is -2.29. The fraction of sp³-hybridized carbons (Fsp3) is 0.222. The third kappa shape index (κ3) is 3.76. The topological polar surface area (TPSA) is 79.4 Å². The molecule has 140 valence electrons. The van der Waals surface area contributed by atoms with Gasteiger partial charge in [-0.3, -0.25) is 14.4 Å². The summed E-state index contributed by atoms with van der Waals surface area (Å²) in [4.78, 5) is 18.1. The molecule has 1 aliphatic heterocycles. The first kappa shape index (κ1) is 18.1. The van der Waals surface area contributed by atoms with E-state index in [0.29, 0.717) is 22.9 Å². The van der Waals surface area contributed by atoms with Crippen molar-refractivity contribution in [1.82, 2.24) is 4.98 Å². The molecule has 3 aromatic rings. The Morgan fingerprint density at radius 2 is 2.11 bits per heavy atom. The van der Waals surface area contributed by atoms with Crippen molar-refractivity contribution < 1.29 is 13.2 Å². The van der Waals surface area contributed by atoms with E-state index in [1.165, 1.54) is 21.9 Å². The van der Waals surface area contributed by atoms with Crippen LogP contribution >= 0.6 is 22.7 Å². The molecule has 0 saturated carbocycles. The first-order valence-electron chi connectivity index (χ1n) is 8.33. The zero-order valence-electron chi connectivity index (χ0n) is 14.5. The first-order chi connectivity index (χ1) is 12.9. The smallest absolute Gasteiger partial charge is 0.257 e. The van der Waals surface area contributed by atoms with Gasteiger partial charge in [0, 0.05) is 17.5 Å². The lowest BCUT2D eigenvalue weighted by Crippen LogP contribution is -2.34. The number of carbonyl (C=O) groups excluding carboxylic acids is 1. The zero-order chi connectivity index (χ0) is 19.0. The van der Waals surface area contributed by atoms with Crippen LogP contribution in [-0.4, -0.2) is 32.1 Å². The van der Waals surface area contributed by atoms with Crippen molar-refractivity contribution >= 4 is 49.4 Å². The van der Waals surface area contributed by atoms with E-state index in [9.17, 15) is 13.2 Å². The van der Waals surface area contributed by atoms with Crippen molar-refractivity contribution in [2.24, 2.45) is 0 Å². The average Bonchev–Trinajstić information content (AvgIpc) is 3.31. The van der Waals surface area contributed by atoms with Gasteiger partial charge < -0.3 is 0 Å². The second kappa shape index (κ2) is 7.06. The van der Waals surface area contributed by atoms with Crippen molar-refractivity contribution in [3.05, 3.63) is 52.2 Å². The number of aromatic nitrogens is 1. The highest BCUT2D eigenvalue weighted by Crippen LogP contribution is 2.31. The van der Waals surface area contributed by atoms with Crippen molar-refractivity contribution in [1.29, 1.82) is 0 Å². The number of rotatable bonds is 4. The number of sulfonamides is 1. The second-order valence-corrected chi connectivity index (χ2v) is 9.96. The Labute approximate surface area is 165 Å². The maximum atomic E-state index is 12.6. The Balaban J connectivity index is 1.55. The van der Waals surface area contributed by atoms with Gasteiger partial charge in [-0.25, -0.2) is 13.4 Å². The van der Waals surface area contributed by atoms with Crippen LogP contribution in [0.25, 0.3) is 10.6 Å². The highest BCUT2D eigenvalue weighted by molar-refractivity contribution is 7.92. The minimum atomic E-state index is -3.31. The van der Waals surface area contributed by atoms with Crippen molar-refractivity contribution in [3.8, 4) is 10.6 Å².